The average Bonchev–Trinajstić information content (AvgIpc) is 3.11. The lowest BCUT2D eigenvalue weighted by atomic mass is 10.2. The molecule has 0 fully saturated rings. The van der Waals surface area contributed by atoms with E-state index in [0.29, 0.717) is 23.1 Å². The molecule has 6 nitrogen and oxygen atoms in total. The number of amides is 1. The second-order valence-electron chi connectivity index (χ2n) is 4.48. The summed E-state index contributed by atoms with van der Waals surface area (Å²) in [5.41, 5.74) is 0. The lowest BCUT2D eigenvalue weighted by molar-refractivity contribution is -0.140. The number of esters is 1. The third-order valence-corrected chi connectivity index (χ3v) is 3.56. The zero-order valence-electron chi connectivity index (χ0n) is 12.3. The number of hydrogen-bond acceptors (Lipinski definition) is 6. The molecule has 0 saturated heterocycles. The Kier molecular flexibility index (Phi) is 5.48. The molecule has 0 aromatic carbocycles. The van der Waals surface area contributed by atoms with E-state index in [1.165, 1.54) is 24.5 Å². The average molecular weight is 320 g/mol. The van der Waals surface area contributed by atoms with E-state index in [9.17, 15) is 9.59 Å². The summed E-state index contributed by atoms with van der Waals surface area (Å²) in [7, 11) is 1.35. The maximum absolute atomic E-state index is 11.7. The van der Waals surface area contributed by atoms with Gasteiger partial charge in [0.25, 0.3) is 0 Å². The fraction of sp³-hybridized carbons (Fsp3) is 0.267. The molecule has 0 spiro atoms. The number of furan rings is 1. The standard InChI is InChI=1S/C15H16N2O4S/c1-10-9-16-15(22-10)17-13(18)7-5-11-3-4-12(21-11)6-8-14(19)20-2/h3-5,7,9H,6,8H2,1-2H3,(H,16,17,18)/b7-5+. The summed E-state index contributed by atoms with van der Waals surface area (Å²) in [4.78, 5) is 27.8. The van der Waals surface area contributed by atoms with Gasteiger partial charge in [0.15, 0.2) is 5.13 Å². The van der Waals surface area contributed by atoms with Crippen molar-refractivity contribution in [3.63, 3.8) is 0 Å². The summed E-state index contributed by atoms with van der Waals surface area (Å²) in [6, 6.07) is 3.51. The van der Waals surface area contributed by atoms with Crippen LogP contribution in [0.3, 0.4) is 0 Å². The first kappa shape index (κ1) is 16.0. The van der Waals surface area contributed by atoms with Crippen molar-refractivity contribution in [2.24, 2.45) is 0 Å². The molecule has 2 rings (SSSR count). The summed E-state index contributed by atoms with van der Waals surface area (Å²) in [6.07, 6.45) is 5.36. The predicted molar refractivity (Wildman–Crippen MR) is 83.6 cm³/mol. The van der Waals surface area contributed by atoms with Crippen LogP contribution < -0.4 is 5.32 Å². The van der Waals surface area contributed by atoms with E-state index in [1.54, 1.807) is 24.4 Å². The van der Waals surface area contributed by atoms with Crippen molar-refractivity contribution < 1.29 is 18.7 Å². The minimum absolute atomic E-state index is 0.261. The van der Waals surface area contributed by atoms with E-state index in [2.05, 4.69) is 15.0 Å². The van der Waals surface area contributed by atoms with Crippen LogP contribution in [0.4, 0.5) is 5.13 Å². The molecule has 0 aliphatic rings. The van der Waals surface area contributed by atoms with Gasteiger partial charge in [-0.25, -0.2) is 4.98 Å². The van der Waals surface area contributed by atoms with Crippen LogP contribution in [0, 0.1) is 6.92 Å². The van der Waals surface area contributed by atoms with Crippen molar-refractivity contribution in [1.29, 1.82) is 0 Å². The van der Waals surface area contributed by atoms with Gasteiger partial charge in [-0.3, -0.25) is 14.9 Å². The number of methoxy groups -OCH3 is 1. The van der Waals surface area contributed by atoms with Crippen LogP contribution in [-0.4, -0.2) is 24.0 Å². The second kappa shape index (κ2) is 7.56. The molecule has 0 atom stereocenters. The normalized spacial score (nSPS) is 10.8. The molecule has 0 bridgehead atoms. The molecule has 0 aliphatic heterocycles. The smallest absolute Gasteiger partial charge is 0.305 e. The number of anilines is 1. The van der Waals surface area contributed by atoms with E-state index in [1.807, 2.05) is 6.92 Å². The van der Waals surface area contributed by atoms with Crippen molar-refractivity contribution in [3.05, 3.63) is 40.8 Å². The Morgan fingerprint density at radius 1 is 1.45 bits per heavy atom. The SMILES string of the molecule is COC(=O)CCc1ccc(/C=C/C(=O)Nc2ncc(C)s2)o1. The molecular formula is C15H16N2O4S. The third-order valence-electron chi connectivity index (χ3n) is 2.74. The van der Waals surface area contributed by atoms with Crippen molar-refractivity contribution in [2.75, 3.05) is 12.4 Å². The molecule has 0 radical (unpaired) electrons. The maximum Gasteiger partial charge on any atom is 0.305 e. The molecule has 0 unspecified atom stereocenters. The van der Waals surface area contributed by atoms with Gasteiger partial charge >= 0.3 is 5.97 Å². The minimum atomic E-state index is -0.286. The van der Waals surface area contributed by atoms with Crippen molar-refractivity contribution in [1.82, 2.24) is 4.98 Å². The molecule has 7 heteroatoms. The highest BCUT2D eigenvalue weighted by Gasteiger charge is 2.06. The van der Waals surface area contributed by atoms with Crippen LogP contribution in [0.2, 0.25) is 0 Å². The number of carbonyl (C=O) groups excluding carboxylic acids is 2. The summed E-state index contributed by atoms with van der Waals surface area (Å²) < 4.78 is 10.1. The topological polar surface area (TPSA) is 81.4 Å². The number of nitrogens with one attached hydrogen (secondary N) is 1. The van der Waals surface area contributed by atoms with Gasteiger partial charge in [-0.1, -0.05) is 0 Å². The van der Waals surface area contributed by atoms with Crippen LogP contribution in [0.1, 0.15) is 22.8 Å². The highest BCUT2D eigenvalue weighted by Crippen LogP contribution is 2.16. The highest BCUT2D eigenvalue weighted by molar-refractivity contribution is 7.15. The molecular weight excluding hydrogens is 304 g/mol. The predicted octanol–water partition coefficient (Wildman–Crippen LogP) is 2.80. The fourth-order valence-electron chi connectivity index (χ4n) is 1.66. The van der Waals surface area contributed by atoms with Crippen LogP contribution in [0.25, 0.3) is 6.08 Å². The van der Waals surface area contributed by atoms with Gasteiger partial charge in [-0.05, 0) is 25.1 Å². The Balaban J connectivity index is 1.86. The monoisotopic (exact) mass is 320 g/mol. The van der Waals surface area contributed by atoms with Gasteiger partial charge in [-0.15, -0.1) is 11.3 Å². The van der Waals surface area contributed by atoms with E-state index in [0.717, 1.165) is 4.88 Å². The quantitative estimate of drug-likeness (QED) is 0.654. The second-order valence-corrected chi connectivity index (χ2v) is 5.71. The van der Waals surface area contributed by atoms with Crippen molar-refractivity contribution in [2.45, 2.75) is 19.8 Å². The fourth-order valence-corrected chi connectivity index (χ4v) is 2.33. The molecule has 1 N–H and O–H groups in total. The Bertz CT molecular complexity index is 687. The van der Waals surface area contributed by atoms with Gasteiger partial charge in [0.2, 0.25) is 5.91 Å². The highest BCUT2D eigenvalue weighted by atomic mass is 32.1. The third kappa shape index (κ3) is 4.85. The first-order valence-corrected chi connectivity index (χ1v) is 7.45. The van der Waals surface area contributed by atoms with Crippen LogP contribution in [0.15, 0.2) is 28.8 Å². The lowest BCUT2D eigenvalue weighted by Crippen LogP contribution is -2.06. The van der Waals surface area contributed by atoms with Crippen molar-refractivity contribution in [3.8, 4) is 0 Å². The van der Waals surface area contributed by atoms with E-state index < -0.39 is 0 Å². The zero-order chi connectivity index (χ0) is 15.9. The van der Waals surface area contributed by atoms with Crippen molar-refractivity contribution >= 4 is 34.4 Å². The number of aromatic nitrogens is 1. The Hall–Kier alpha value is -2.41. The molecule has 116 valence electrons. The summed E-state index contributed by atoms with van der Waals surface area (Å²) in [5, 5.41) is 3.23. The number of hydrogen-bond donors (Lipinski definition) is 1. The largest absolute Gasteiger partial charge is 0.469 e. The molecule has 0 saturated carbocycles. The minimum Gasteiger partial charge on any atom is -0.469 e. The number of nitrogens with zero attached hydrogens (tertiary/aromatic N) is 1. The van der Waals surface area contributed by atoms with Gasteiger partial charge in [0.1, 0.15) is 11.5 Å². The van der Waals surface area contributed by atoms with Gasteiger partial charge < -0.3 is 9.15 Å². The summed E-state index contributed by atoms with van der Waals surface area (Å²) in [5.74, 6) is 0.653. The van der Waals surface area contributed by atoms with Crippen LogP contribution in [-0.2, 0) is 20.7 Å². The number of aryl methyl sites for hydroxylation is 2. The van der Waals surface area contributed by atoms with Crippen LogP contribution in [0.5, 0.6) is 0 Å². The molecule has 22 heavy (non-hydrogen) atoms. The zero-order valence-corrected chi connectivity index (χ0v) is 13.1. The summed E-state index contributed by atoms with van der Waals surface area (Å²) in [6.45, 7) is 1.92. The van der Waals surface area contributed by atoms with E-state index in [-0.39, 0.29) is 18.3 Å². The molecule has 0 aliphatic carbocycles. The number of rotatable bonds is 6. The molecule has 2 aromatic rings. The Morgan fingerprint density at radius 3 is 2.95 bits per heavy atom. The van der Waals surface area contributed by atoms with E-state index in [4.69, 9.17) is 4.42 Å². The van der Waals surface area contributed by atoms with Gasteiger partial charge in [0, 0.05) is 23.6 Å². The number of thiazole rings is 1. The molecule has 2 heterocycles. The maximum atomic E-state index is 11.7. The molecule has 1 amide bonds. The first-order chi connectivity index (χ1) is 10.6. The lowest BCUT2D eigenvalue weighted by Gasteiger charge is -1.96. The number of ether oxygens (including phenoxy) is 1. The molecule has 2 aromatic heterocycles. The van der Waals surface area contributed by atoms with Gasteiger partial charge in [-0.2, -0.15) is 0 Å². The Morgan fingerprint density at radius 2 is 2.27 bits per heavy atom. The Labute approximate surface area is 131 Å². The van der Waals surface area contributed by atoms with E-state index >= 15 is 0 Å². The van der Waals surface area contributed by atoms with Crippen LogP contribution >= 0.6 is 11.3 Å². The van der Waals surface area contributed by atoms with Gasteiger partial charge in [0.05, 0.1) is 13.5 Å². The number of carbonyl (C=O) groups is 2. The first-order valence-electron chi connectivity index (χ1n) is 6.64. The summed E-state index contributed by atoms with van der Waals surface area (Å²) >= 11 is 1.41.